The fourth-order valence-electron chi connectivity index (χ4n) is 1.36. The summed E-state index contributed by atoms with van der Waals surface area (Å²) in [6, 6.07) is -0.492. The zero-order valence-electron chi connectivity index (χ0n) is 12.2. The third-order valence-corrected chi connectivity index (χ3v) is 2.91. The fourth-order valence-corrected chi connectivity index (χ4v) is 1.36. The molecule has 2 unspecified atom stereocenters. The van der Waals surface area contributed by atoms with Crippen LogP contribution in [0.5, 0.6) is 0 Å². The highest BCUT2D eigenvalue weighted by Crippen LogP contribution is 2.15. The molecular formula is C13H27N3O2. The molecule has 0 aliphatic carbocycles. The molecule has 0 radical (unpaired) electrons. The zero-order chi connectivity index (χ0) is 14.3. The van der Waals surface area contributed by atoms with E-state index in [9.17, 15) is 9.59 Å². The van der Waals surface area contributed by atoms with Crippen LogP contribution < -0.4 is 16.4 Å². The maximum atomic E-state index is 12.0. The van der Waals surface area contributed by atoms with Gasteiger partial charge in [-0.3, -0.25) is 9.59 Å². The lowest BCUT2D eigenvalue weighted by Gasteiger charge is -2.27. The molecule has 0 saturated carbocycles. The second kappa shape index (κ2) is 7.36. The molecule has 0 rings (SSSR count). The van der Waals surface area contributed by atoms with Crippen LogP contribution in [-0.2, 0) is 9.59 Å². The van der Waals surface area contributed by atoms with Crippen molar-refractivity contribution in [2.75, 3.05) is 13.1 Å². The number of rotatable bonds is 6. The highest BCUT2D eigenvalue weighted by Gasteiger charge is 2.30. The van der Waals surface area contributed by atoms with Crippen molar-refractivity contribution in [3.05, 3.63) is 0 Å². The Morgan fingerprint density at radius 1 is 1.28 bits per heavy atom. The van der Waals surface area contributed by atoms with E-state index in [2.05, 4.69) is 10.6 Å². The van der Waals surface area contributed by atoms with Gasteiger partial charge in [0.25, 0.3) is 0 Å². The van der Waals surface area contributed by atoms with Crippen LogP contribution in [0.15, 0.2) is 0 Å². The Kier molecular flexibility index (Phi) is 6.91. The second-order valence-electron chi connectivity index (χ2n) is 5.67. The minimum absolute atomic E-state index is 0.0917. The summed E-state index contributed by atoms with van der Waals surface area (Å²) in [4.78, 5) is 23.9. The second-order valence-corrected chi connectivity index (χ2v) is 5.67. The van der Waals surface area contributed by atoms with E-state index >= 15 is 0 Å². The van der Waals surface area contributed by atoms with E-state index in [-0.39, 0.29) is 17.7 Å². The molecule has 5 heteroatoms. The number of carbonyl (C=O) groups excluding carboxylic acids is 2. The summed E-state index contributed by atoms with van der Waals surface area (Å²) in [5.74, 6) is -0.183. The Balaban J connectivity index is 4.69. The lowest BCUT2D eigenvalue weighted by molar-refractivity contribution is -0.134. The molecule has 0 saturated heterocycles. The molecule has 0 aromatic rings. The highest BCUT2D eigenvalue weighted by atomic mass is 16.2. The van der Waals surface area contributed by atoms with Gasteiger partial charge in [0, 0.05) is 18.5 Å². The average molecular weight is 257 g/mol. The fraction of sp³-hybridized carbons (Fsp3) is 0.846. The van der Waals surface area contributed by atoms with Crippen molar-refractivity contribution >= 4 is 11.8 Å². The van der Waals surface area contributed by atoms with Crippen LogP contribution in [0.2, 0.25) is 0 Å². The highest BCUT2D eigenvalue weighted by molar-refractivity contribution is 5.89. The molecule has 0 bridgehead atoms. The quantitative estimate of drug-likeness (QED) is 0.653. The first-order valence-corrected chi connectivity index (χ1v) is 6.52. The molecule has 0 aliphatic rings. The first kappa shape index (κ1) is 16.9. The number of carbonyl (C=O) groups is 2. The lowest BCUT2D eigenvalue weighted by Crippen LogP contribution is -2.53. The molecule has 4 N–H and O–H groups in total. The van der Waals surface area contributed by atoms with Gasteiger partial charge in [-0.25, -0.2) is 0 Å². The van der Waals surface area contributed by atoms with Gasteiger partial charge in [0.2, 0.25) is 11.8 Å². The van der Waals surface area contributed by atoms with E-state index in [0.29, 0.717) is 13.1 Å². The Morgan fingerprint density at radius 3 is 2.22 bits per heavy atom. The maximum absolute atomic E-state index is 12.0. The molecule has 0 spiro atoms. The third-order valence-electron chi connectivity index (χ3n) is 2.91. The van der Waals surface area contributed by atoms with Crippen molar-refractivity contribution in [1.29, 1.82) is 0 Å². The van der Waals surface area contributed by atoms with Crippen molar-refractivity contribution in [2.45, 2.75) is 47.1 Å². The van der Waals surface area contributed by atoms with Crippen LogP contribution in [0, 0.1) is 11.3 Å². The van der Waals surface area contributed by atoms with Crippen LogP contribution in [0.3, 0.4) is 0 Å². The smallest absolute Gasteiger partial charge is 0.242 e. The predicted octanol–water partition coefficient (Wildman–Crippen LogP) is 0.638. The standard InChI is InChI=1S/C13H27N3O2/c1-6-9(2)10(11(17)15-8-7-14)16-12(18)13(3,4)5/h9-10H,6-8,14H2,1-5H3,(H,15,17)(H,16,18). The van der Waals surface area contributed by atoms with Crippen LogP contribution in [0.1, 0.15) is 41.0 Å². The zero-order valence-corrected chi connectivity index (χ0v) is 12.2. The first-order valence-electron chi connectivity index (χ1n) is 6.52. The summed E-state index contributed by atoms with van der Waals surface area (Å²) >= 11 is 0. The van der Waals surface area contributed by atoms with Gasteiger partial charge in [-0.15, -0.1) is 0 Å². The molecule has 0 heterocycles. The molecule has 0 aromatic carbocycles. The van der Waals surface area contributed by atoms with Crippen molar-refractivity contribution in [2.24, 2.45) is 17.1 Å². The van der Waals surface area contributed by atoms with Gasteiger partial charge in [-0.1, -0.05) is 41.0 Å². The minimum atomic E-state index is -0.500. The van der Waals surface area contributed by atoms with E-state index in [4.69, 9.17) is 5.73 Å². The van der Waals surface area contributed by atoms with Gasteiger partial charge >= 0.3 is 0 Å². The van der Waals surface area contributed by atoms with Crippen molar-refractivity contribution in [1.82, 2.24) is 10.6 Å². The third kappa shape index (κ3) is 5.49. The van der Waals surface area contributed by atoms with Gasteiger partial charge in [-0.2, -0.15) is 0 Å². The van der Waals surface area contributed by atoms with Crippen molar-refractivity contribution in [3.8, 4) is 0 Å². The Hall–Kier alpha value is -1.10. The van der Waals surface area contributed by atoms with Gasteiger partial charge in [0.15, 0.2) is 0 Å². The summed E-state index contributed by atoms with van der Waals surface area (Å²) in [5, 5.41) is 5.55. The first-order chi connectivity index (χ1) is 8.23. The molecular weight excluding hydrogens is 230 g/mol. The molecule has 18 heavy (non-hydrogen) atoms. The monoisotopic (exact) mass is 257 g/mol. The Bertz CT molecular complexity index is 284. The molecule has 2 amide bonds. The average Bonchev–Trinajstić information content (AvgIpc) is 2.30. The summed E-state index contributed by atoms with van der Waals surface area (Å²) in [6.07, 6.45) is 0.825. The van der Waals surface area contributed by atoms with Crippen LogP contribution >= 0.6 is 0 Å². The lowest BCUT2D eigenvalue weighted by atomic mass is 9.92. The number of hydrogen-bond acceptors (Lipinski definition) is 3. The predicted molar refractivity (Wildman–Crippen MR) is 72.9 cm³/mol. The number of hydrogen-bond donors (Lipinski definition) is 3. The minimum Gasteiger partial charge on any atom is -0.353 e. The summed E-state index contributed by atoms with van der Waals surface area (Å²) < 4.78 is 0. The van der Waals surface area contributed by atoms with Gasteiger partial charge in [-0.05, 0) is 5.92 Å². The van der Waals surface area contributed by atoms with E-state index in [1.54, 1.807) is 0 Å². The largest absolute Gasteiger partial charge is 0.353 e. The Labute approximate surface area is 110 Å². The number of nitrogens with one attached hydrogen (secondary N) is 2. The summed E-state index contributed by atoms with van der Waals surface area (Å²) in [6.45, 7) is 10.3. The normalized spacial score (nSPS) is 14.8. The molecule has 0 aliphatic heterocycles. The van der Waals surface area contributed by atoms with Gasteiger partial charge < -0.3 is 16.4 Å². The maximum Gasteiger partial charge on any atom is 0.242 e. The number of nitrogens with two attached hydrogens (primary N) is 1. The van der Waals surface area contributed by atoms with Crippen molar-refractivity contribution < 1.29 is 9.59 Å². The molecule has 0 aromatic heterocycles. The topological polar surface area (TPSA) is 84.2 Å². The van der Waals surface area contributed by atoms with E-state index in [0.717, 1.165) is 6.42 Å². The summed E-state index contributed by atoms with van der Waals surface area (Å²) in [7, 11) is 0. The number of amides is 2. The van der Waals surface area contributed by atoms with E-state index < -0.39 is 11.5 Å². The van der Waals surface area contributed by atoms with E-state index in [1.807, 2.05) is 34.6 Å². The molecule has 0 fully saturated rings. The summed E-state index contributed by atoms with van der Waals surface area (Å²) in [5.41, 5.74) is 4.85. The molecule has 2 atom stereocenters. The van der Waals surface area contributed by atoms with Gasteiger partial charge in [0.1, 0.15) is 6.04 Å². The van der Waals surface area contributed by atoms with E-state index in [1.165, 1.54) is 0 Å². The van der Waals surface area contributed by atoms with Crippen LogP contribution in [0.4, 0.5) is 0 Å². The van der Waals surface area contributed by atoms with Crippen molar-refractivity contribution in [3.63, 3.8) is 0 Å². The van der Waals surface area contributed by atoms with Gasteiger partial charge in [0.05, 0.1) is 0 Å². The van der Waals surface area contributed by atoms with Crippen LogP contribution in [-0.4, -0.2) is 30.9 Å². The van der Waals surface area contributed by atoms with Crippen LogP contribution in [0.25, 0.3) is 0 Å². The SMILES string of the molecule is CCC(C)C(NC(=O)C(C)(C)C)C(=O)NCCN. The Morgan fingerprint density at radius 2 is 1.83 bits per heavy atom. The molecule has 106 valence electrons. The molecule has 5 nitrogen and oxygen atoms in total.